The Bertz CT molecular complexity index is 606. The van der Waals surface area contributed by atoms with E-state index in [0.29, 0.717) is 17.7 Å². The smallest absolute Gasteiger partial charge is 0.309 e. The van der Waals surface area contributed by atoms with Crippen LogP contribution < -0.4 is 5.32 Å². The summed E-state index contributed by atoms with van der Waals surface area (Å²) >= 11 is 0. The van der Waals surface area contributed by atoms with Crippen LogP contribution in [0.15, 0.2) is 36.4 Å². The molecule has 1 N–H and O–H groups in total. The second-order valence-corrected chi connectivity index (χ2v) is 5.24. The minimum atomic E-state index is -0.451. The molecule has 0 unspecified atom stereocenters. The molecule has 0 heterocycles. The first kappa shape index (κ1) is 15.9. The van der Waals surface area contributed by atoms with Crippen molar-refractivity contribution in [3.8, 4) is 0 Å². The fourth-order valence-electron chi connectivity index (χ4n) is 2.35. The number of hydrogen-bond acceptors (Lipinski definition) is 4. The lowest BCUT2D eigenvalue weighted by atomic mass is 9.95. The van der Waals surface area contributed by atoms with Gasteiger partial charge in [0.2, 0.25) is 0 Å². The third kappa shape index (κ3) is 4.28. The van der Waals surface area contributed by atoms with Gasteiger partial charge in [-0.1, -0.05) is 24.3 Å². The van der Waals surface area contributed by atoms with Gasteiger partial charge >= 0.3 is 5.97 Å². The molecule has 0 aliphatic heterocycles. The van der Waals surface area contributed by atoms with E-state index < -0.39 is 5.91 Å². The summed E-state index contributed by atoms with van der Waals surface area (Å²) in [7, 11) is 0. The summed E-state index contributed by atoms with van der Waals surface area (Å²) in [5, 5.41) is 2.60. The van der Waals surface area contributed by atoms with E-state index in [0.717, 1.165) is 12.8 Å². The standard InChI is InChI=1S/C17H19NO4/c1-12(19)14-9-5-6-10-15(14)18-16(20)11-22-17(21)13-7-3-2-4-8-13/h2-3,5-6,9-10,13H,4,7-8,11H2,1H3,(H,18,20)/t13-/m1/s1. The van der Waals surface area contributed by atoms with Crippen molar-refractivity contribution in [2.24, 2.45) is 5.92 Å². The summed E-state index contributed by atoms with van der Waals surface area (Å²) in [6.07, 6.45) is 6.27. The first-order chi connectivity index (χ1) is 10.6. The molecular weight excluding hydrogens is 282 g/mol. The van der Waals surface area contributed by atoms with Crippen molar-refractivity contribution in [3.63, 3.8) is 0 Å². The zero-order valence-electron chi connectivity index (χ0n) is 12.5. The van der Waals surface area contributed by atoms with E-state index in [1.807, 2.05) is 12.2 Å². The molecule has 5 nitrogen and oxygen atoms in total. The zero-order chi connectivity index (χ0) is 15.9. The number of nitrogens with one attached hydrogen (secondary N) is 1. The second kappa shape index (κ2) is 7.54. The molecule has 1 aromatic rings. The fourth-order valence-corrected chi connectivity index (χ4v) is 2.35. The van der Waals surface area contributed by atoms with Crippen molar-refractivity contribution in [1.29, 1.82) is 0 Å². The number of carbonyl (C=O) groups excluding carboxylic acids is 3. The van der Waals surface area contributed by atoms with Crippen molar-refractivity contribution in [2.75, 3.05) is 11.9 Å². The Morgan fingerprint density at radius 3 is 2.68 bits per heavy atom. The van der Waals surface area contributed by atoms with E-state index in [1.165, 1.54) is 6.92 Å². The van der Waals surface area contributed by atoms with Crippen LogP contribution in [-0.4, -0.2) is 24.3 Å². The van der Waals surface area contributed by atoms with Crippen LogP contribution >= 0.6 is 0 Å². The Balaban J connectivity index is 1.87. The number of hydrogen-bond donors (Lipinski definition) is 1. The van der Waals surface area contributed by atoms with E-state index in [9.17, 15) is 14.4 Å². The van der Waals surface area contributed by atoms with Crippen LogP contribution in [0.25, 0.3) is 0 Å². The second-order valence-electron chi connectivity index (χ2n) is 5.24. The highest BCUT2D eigenvalue weighted by Crippen LogP contribution is 2.19. The number of Topliss-reactive ketones (excluding diaryl/α,β-unsaturated/α-hetero) is 1. The number of esters is 1. The van der Waals surface area contributed by atoms with Gasteiger partial charge in [-0.05, 0) is 38.3 Å². The number of amides is 1. The molecule has 0 fully saturated rings. The van der Waals surface area contributed by atoms with Gasteiger partial charge in [-0.3, -0.25) is 14.4 Å². The van der Waals surface area contributed by atoms with Crippen LogP contribution in [0.2, 0.25) is 0 Å². The summed E-state index contributed by atoms with van der Waals surface area (Å²) in [6, 6.07) is 6.73. The minimum Gasteiger partial charge on any atom is -0.455 e. The number of anilines is 1. The molecule has 0 bridgehead atoms. The number of ketones is 1. The molecule has 1 aromatic carbocycles. The molecule has 0 saturated heterocycles. The van der Waals surface area contributed by atoms with Crippen LogP contribution in [0.1, 0.15) is 36.5 Å². The third-order valence-corrected chi connectivity index (χ3v) is 3.53. The lowest BCUT2D eigenvalue weighted by Crippen LogP contribution is -2.25. The molecule has 1 aliphatic carbocycles. The number of allylic oxidation sites excluding steroid dienone is 2. The molecule has 5 heteroatoms. The fraction of sp³-hybridized carbons (Fsp3) is 0.353. The summed E-state index contributed by atoms with van der Waals surface area (Å²) in [4.78, 5) is 35.2. The van der Waals surface area contributed by atoms with Crippen molar-refractivity contribution < 1.29 is 19.1 Å². The topological polar surface area (TPSA) is 72.5 Å². The Kier molecular flexibility index (Phi) is 5.47. The average molecular weight is 301 g/mol. The molecular formula is C17H19NO4. The predicted molar refractivity (Wildman–Crippen MR) is 82.5 cm³/mol. The molecule has 22 heavy (non-hydrogen) atoms. The number of carbonyl (C=O) groups is 3. The highest BCUT2D eigenvalue weighted by Gasteiger charge is 2.21. The maximum atomic E-state index is 11.9. The van der Waals surface area contributed by atoms with Gasteiger partial charge in [0, 0.05) is 5.56 Å². The van der Waals surface area contributed by atoms with Gasteiger partial charge in [-0.25, -0.2) is 0 Å². The molecule has 0 aromatic heterocycles. The molecule has 1 aliphatic rings. The van der Waals surface area contributed by atoms with Crippen LogP contribution in [0, 0.1) is 5.92 Å². The van der Waals surface area contributed by atoms with E-state index in [-0.39, 0.29) is 24.3 Å². The number of para-hydroxylation sites is 1. The molecule has 0 spiro atoms. The van der Waals surface area contributed by atoms with E-state index in [4.69, 9.17) is 4.74 Å². The predicted octanol–water partition coefficient (Wildman–Crippen LogP) is 2.73. The largest absolute Gasteiger partial charge is 0.455 e. The zero-order valence-corrected chi connectivity index (χ0v) is 12.5. The Labute approximate surface area is 129 Å². The highest BCUT2D eigenvalue weighted by molar-refractivity contribution is 6.04. The lowest BCUT2D eigenvalue weighted by molar-refractivity contribution is -0.151. The van der Waals surface area contributed by atoms with Crippen molar-refractivity contribution in [2.45, 2.75) is 26.2 Å². The lowest BCUT2D eigenvalue weighted by Gasteiger charge is -2.16. The number of rotatable bonds is 5. The molecule has 2 rings (SSSR count). The van der Waals surface area contributed by atoms with Gasteiger partial charge in [0.1, 0.15) is 0 Å². The maximum absolute atomic E-state index is 11.9. The quantitative estimate of drug-likeness (QED) is 0.515. The SMILES string of the molecule is CC(=O)c1ccccc1NC(=O)COC(=O)[C@@H]1CC=CCC1. The van der Waals surface area contributed by atoms with Gasteiger partial charge in [-0.15, -0.1) is 0 Å². The summed E-state index contributed by atoms with van der Waals surface area (Å²) in [5.74, 6) is -1.10. The first-order valence-electron chi connectivity index (χ1n) is 7.29. The number of ether oxygens (including phenoxy) is 1. The average Bonchev–Trinajstić information content (AvgIpc) is 2.53. The Hall–Kier alpha value is -2.43. The van der Waals surface area contributed by atoms with Gasteiger partial charge in [-0.2, -0.15) is 0 Å². The van der Waals surface area contributed by atoms with E-state index >= 15 is 0 Å². The van der Waals surface area contributed by atoms with Crippen molar-refractivity contribution in [1.82, 2.24) is 0 Å². The summed E-state index contributed by atoms with van der Waals surface area (Å²) in [6.45, 7) is 1.09. The van der Waals surface area contributed by atoms with Crippen LogP contribution in [0.5, 0.6) is 0 Å². The monoisotopic (exact) mass is 301 g/mol. The summed E-state index contributed by atoms with van der Waals surface area (Å²) in [5.41, 5.74) is 0.858. The van der Waals surface area contributed by atoms with Crippen LogP contribution in [0.3, 0.4) is 0 Å². The van der Waals surface area contributed by atoms with Gasteiger partial charge in [0.15, 0.2) is 12.4 Å². The normalized spacial score (nSPS) is 16.9. The van der Waals surface area contributed by atoms with Crippen LogP contribution in [0.4, 0.5) is 5.69 Å². The third-order valence-electron chi connectivity index (χ3n) is 3.53. The molecule has 0 radical (unpaired) electrons. The number of benzene rings is 1. The first-order valence-corrected chi connectivity index (χ1v) is 7.29. The van der Waals surface area contributed by atoms with Gasteiger partial charge in [0.05, 0.1) is 11.6 Å². The van der Waals surface area contributed by atoms with Crippen LogP contribution in [-0.2, 0) is 14.3 Å². The van der Waals surface area contributed by atoms with E-state index in [2.05, 4.69) is 5.32 Å². The maximum Gasteiger partial charge on any atom is 0.309 e. The van der Waals surface area contributed by atoms with Gasteiger partial charge in [0.25, 0.3) is 5.91 Å². The molecule has 1 atom stereocenters. The summed E-state index contributed by atoms with van der Waals surface area (Å²) < 4.78 is 5.05. The van der Waals surface area contributed by atoms with Gasteiger partial charge < -0.3 is 10.1 Å². The Morgan fingerprint density at radius 1 is 1.23 bits per heavy atom. The Morgan fingerprint density at radius 2 is 2.00 bits per heavy atom. The minimum absolute atomic E-state index is 0.137. The molecule has 116 valence electrons. The van der Waals surface area contributed by atoms with Crippen molar-refractivity contribution >= 4 is 23.3 Å². The van der Waals surface area contributed by atoms with E-state index in [1.54, 1.807) is 24.3 Å². The molecule has 1 amide bonds. The molecule has 0 saturated carbocycles. The van der Waals surface area contributed by atoms with Crippen molar-refractivity contribution in [3.05, 3.63) is 42.0 Å². The highest BCUT2D eigenvalue weighted by atomic mass is 16.5.